The molecule has 2 N–H and O–H groups in total. The lowest BCUT2D eigenvalue weighted by Crippen LogP contribution is -2.30. The van der Waals surface area contributed by atoms with Crippen LogP contribution in [0.15, 0.2) is 59.2 Å². The van der Waals surface area contributed by atoms with Crippen LogP contribution >= 0.6 is 15.9 Å². The maximum Gasteiger partial charge on any atom is 0.270 e. The van der Waals surface area contributed by atoms with Gasteiger partial charge in [0.25, 0.3) is 5.91 Å². The van der Waals surface area contributed by atoms with E-state index in [-0.39, 0.29) is 5.91 Å². The van der Waals surface area contributed by atoms with Crippen LogP contribution in [0.3, 0.4) is 0 Å². The van der Waals surface area contributed by atoms with Crippen molar-refractivity contribution in [2.24, 2.45) is 0 Å². The van der Waals surface area contributed by atoms with Crippen molar-refractivity contribution in [1.29, 1.82) is 0 Å². The quantitative estimate of drug-likeness (QED) is 0.445. The number of hydrogen-bond donors (Lipinski definition) is 2. The highest BCUT2D eigenvalue weighted by molar-refractivity contribution is 9.10. The third kappa shape index (κ3) is 3.47. The number of aromatic nitrogens is 2. The average Bonchev–Trinajstić information content (AvgIpc) is 3.01. The van der Waals surface area contributed by atoms with Crippen LogP contribution in [-0.2, 0) is 0 Å². The molecule has 2 aromatic heterocycles. The summed E-state index contributed by atoms with van der Waals surface area (Å²) in [6.45, 7) is 5.01. The number of rotatable bonds is 5. The van der Waals surface area contributed by atoms with Gasteiger partial charge in [-0.1, -0.05) is 36.4 Å². The Morgan fingerprint density at radius 3 is 2.75 bits per heavy atom. The fraction of sp³-hybridized carbons (Fsp3) is 0.182. The van der Waals surface area contributed by atoms with E-state index in [0.29, 0.717) is 18.8 Å². The Balaban J connectivity index is 1.45. The maximum absolute atomic E-state index is 12.8. The number of hydrogen-bond acceptors (Lipinski definition) is 3. The van der Waals surface area contributed by atoms with Crippen LogP contribution in [0.5, 0.6) is 0 Å². The van der Waals surface area contributed by atoms with Gasteiger partial charge in [0.15, 0.2) is 0 Å². The molecule has 0 saturated heterocycles. The number of pyridine rings is 1. The molecule has 0 spiro atoms. The van der Waals surface area contributed by atoms with Crippen molar-refractivity contribution in [3.05, 3.63) is 76.2 Å². The molecule has 5 nitrogen and oxygen atoms in total. The Morgan fingerprint density at radius 1 is 1.11 bits per heavy atom. The van der Waals surface area contributed by atoms with E-state index in [0.717, 1.165) is 27.1 Å². The van der Waals surface area contributed by atoms with Crippen LogP contribution < -0.4 is 10.6 Å². The first kappa shape index (κ1) is 18.5. The molecule has 0 atom stereocenters. The van der Waals surface area contributed by atoms with E-state index in [1.54, 1.807) is 0 Å². The van der Waals surface area contributed by atoms with E-state index in [1.807, 2.05) is 48.7 Å². The van der Waals surface area contributed by atoms with Crippen LogP contribution in [0.4, 0.5) is 5.69 Å². The minimum Gasteiger partial charge on any atom is -0.383 e. The van der Waals surface area contributed by atoms with E-state index >= 15 is 0 Å². The normalized spacial score (nSPS) is 11.1. The van der Waals surface area contributed by atoms with Crippen molar-refractivity contribution < 1.29 is 4.79 Å². The summed E-state index contributed by atoms with van der Waals surface area (Å²) in [4.78, 5) is 17.3. The van der Waals surface area contributed by atoms with Gasteiger partial charge >= 0.3 is 0 Å². The van der Waals surface area contributed by atoms with Gasteiger partial charge in [-0.15, -0.1) is 0 Å². The molecular weight excluding hydrogens is 416 g/mol. The van der Waals surface area contributed by atoms with Gasteiger partial charge in [-0.25, -0.2) is 4.98 Å². The van der Waals surface area contributed by atoms with Crippen molar-refractivity contribution in [2.45, 2.75) is 13.8 Å². The van der Waals surface area contributed by atoms with Crippen molar-refractivity contribution in [2.75, 3.05) is 18.4 Å². The van der Waals surface area contributed by atoms with Gasteiger partial charge in [-0.3, -0.25) is 9.20 Å². The number of carbonyl (C=O) groups is 1. The van der Waals surface area contributed by atoms with Crippen molar-refractivity contribution >= 4 is 43.9 Å². The highest BCUT2D eigenvalue weighted by atomic mass is 79.9. The van der Waals surface area contributed by atoms with Gasteiger partial charge in [0.05, 0.1) is 5.69 Å². The van der Waals surface area contributed by atoms with Crippen LogP contribution in [0.1, 0.15) is 21.7 Å². The SMILES string of the molecule is Cc1nc2c(C)cc(Br)cn2c1C(=O)NCCNc1cccc2ccccc12. The van der Waals surface area contributed by atoms with Gasteiger partial charge in [0, 0.05) is 34.8 Å². The summed E-state index contributed by atoms with van der Waals surface area (Å²) in [6, 6.07) is 16.4. The molecule has 0 aliphatic rings. The standard InChI is InChI=1S/C22H21BrN4O/c1-14-12-17(23)13-27-20(15(2)26-21(14)27)22(28)25-11-10-24-19-9-5-7-16-6-3-4-8-18(16)19/h3-9,12-13,24H,10-11H2,1-2H3,(H,25,28). The molecule has 4 aromatic rings. The topological polar surface area (TPSA) is 58.4 Å². The lowest BCUT2D eigenvalue weighted by Gasteiger charge is -2.11. The summed E-state index contributed by atoms with van der Waals surface area (Å²) in [7, 11) is 0. The van der Waals surface area contributed by atoms with Crippen LogP contribution in [0.25, 0.3) is 16.4 Å². The Hall–Kier alpha value is -2.86. The van der Waals surface area contributed by atoms with Crippen molar-refractivity contribution in [3.8, 4) is 0 Å². The number of carbonyl (C=O) groups excluding carboxylic acids is 1. The number of amides is 1. The minimum absolute atomic E-state index is 0.123. The first-order valence-electron chi connectivity index (χ1n) is 9.19. The van der Waals surface area contributed by atoms with Gasteiger partial charge < -0.3 is 10.6 Å². The second-order valence-electron chi connectivity index (χ2n) is 6.79. The second kappa shape index (κ2) is 7.64. The van der Waals surface area contributed by atoms with Crippen LogP contribution in [0.2, 0.25) is 0 Å². The number of benzene rings is 2. The van der Waals surface area contributed by atoms with Gasteiger partial charge in [-0.05, 0) is 52.9 Å². The number of nitrogens with zero attached hydrogens (tertiary/aromatic N) is 2. The summed E-state index contributed by atoms with van der Waals surface area (Å²) >= 11 is 3.49. The van der Waals surface area contributed by atoms with Gasteiger partial charge in [-0.2, -0.15) is 0 Å². The fourth-order valence-corrected chi connectivity index (χ4v) is 4.04. The van der Waals surface area contributed by atoms with Gasteiger partial charge in [0.2, 0.25) is 0 Å². The molecule has 0 aliphatic heterocycles. The minimum atomic E-state index is -0.123. The third-order valence-corrected chi connectivity index (χ3v) is 5.21. The molecule has 0 aliphatic carbocycles. The van der Waals surface area contributed by atoms with Crippen molar-refractivity contribution in [3.63, 3.8) is 0 Å². The Morgan fingerprint density at radius 2 is 1.89 bits per heavy atom. The lowest BCUT2D eigenvalue weighted by atomic mass is 10.1. The van der Waals surface area contributed by atoms with Crippen LogP contribution in [-0.4, -0.2) is 28.4 Å². The first-order valence-corrected chi connectivity index (χ1v) is 9.98. The molecule has 2 aromatic carbocycles. The van der Waals surface area contributed by atoms with E-state index in [1.165, 1.54) is 10.8 Å². The Bertz CT molecular complexity index is 1180. The molecule has 1 amide bonds. The number of fused-ring (bicyclic) bond motifs is 2. The molecule has 2 heterocycles. The van der Waals surface area contributed by atoms with E-state index in [4.69, 9.17) is 0 Å². The number of anilines is 1. The fourth-order valence-electron chi connectivity index (χ4n) is 3.49. The maximum atomic E-state index is 12.8. The largest absolute Gasteiger partial charge is 0.383 e. The molecule has 6 heteroatoms. The lowest BCUT2D eigenvalue weighted by molar-refractivity contribution is 0.0948. The summed E-state index contributed by atoms with van der Waals surface area (Å²) in [5.41, 5.74) is 4.19. The highest BCUT2D eigenvalue weighted by Gasteiger charge is 2.17. The van der Waals surface area contributed by atoms with Crippen LogP contribution in [0, 0.1) is 13.8 Å². The Kier molecular flexibility index (Phi) is 5.05. The molecule has 0 bridgehead atoms. The zero-order valence-electron chi connectivity index (χ0n) is 15.8. The smallest absolute Gasteiger partial charge is 0.270 e. The molecule has 28 heavy (non-hydrogen) atoms. The molecule has 0 unspecified atom stereocenters. The zero-order valence-corrected chi connectivity index (χ0v) is 17.4. The number of imidazole rings is 1. The molecular formula is C22H21BrN4O. The Labute approximate surface area is 171 Å². The first-order chi connectivity index (χ1) is 13.5. The number of halogens is 1. The van der Waals surface area contributed by atoms with Crippen molar-refractivity contribution in [1.82, 2.24) is 14.7 Å². The monoisotopic (exact) mass is 436 g/mol. The molecule has 142 valence electrons. The molecule has 4 rings (SSSR count). The summed E-state index contributed by atoms with van der Waals surface area (Å²) in [5.74, 6) is -0.123. The third-order valence-electron chi connectivity index (χ3n) is 4.78. The highest BCUT2D eigenvalue weighted by Crippen LogP contribution is 2.23. The summed E-state index contributed by atoms with van der Waals surface area (Å²) in [5, 5.41) is 8.78. The number of aryl methyl sites for hydroxylation is 2. The summed E-state index contributed by atoms with van der Waals surface area (Å²) in [6.07, 6.45) is 1.88. The van der Waals surface area contributed by atoms with Gasteiger partial charge in [0.1, 0.15) is 11.3 Å². The molecule has 0 fully saturated rings. The predicted octanol–water partition coefficient (Wildman–Crippen LogP) is 4.71. The van der Waals surface area contributed by atoms with E-state index in [9.17, 15) is 4.79 Å². The van der Waals surface area contributed by atoms with E-state index < -0.39 is 0 Å². The molecule has 0 saturated carbocycles. The van der Waals surface area contributed by atoms with E-state index in [2.05, 4.69) is 55.8 Å². The number of nitrogens with one attached hydrogen (secondary N) is 2. The molecule has 0 radical (unpaired) electrons. The zero-order chi connectivity index (χ0) is 19.7. The second-order valence-corrected chi connectivity index (χ2v) is 7.71. The summed E-state index contributed by atoms with van der Waals surface area (Å²) < 4.78 is 2.77. The average molecular weight is 437 g/mol. The predicted molar refractivity (Wildman–Crippen MR) is 117 cm³/mol.